The zero-order chi connectivity index (χ0) is 39.6. The van der Waals surface area contributed by atoms with Gasteiger partial charge < -0.3 is 24.4 Å². The Labute approximate surface area is 316 Å². The molecule has 2 aliphatic heterocycles. The van der Waals surface area contributed by atoms with Crippen molar-refractivity contribution in [2.75, 3.05) is 7.11 Å². The van der Waals surface area contributed by atoms with Gasteiger partial charge in [-0.1, -0.05) is 57.8 Å². The molecular formula is C43H66O10. The van der Waals surface area contributed by atoms with Crippen LogP contribution in [0.25, 0.3) is 0 Å². The summed E-state index contributed by atoms with van der Waals surface area (Å²) in [5.41, 5.74) is -2.09. The van der Waals surface area contributed by atoms with Crippen LogP contribution < -0.4 is 0 Å². The van der Waals surface area contributed by atoms with Gasteiger partial charge >= 0.3 is 11.9 Å². The standard InChI is InChI=1S/C43H66O10/c1-24(2)30-21-33(45)27(5)13-11-12-25(3)19-34(46)31-20-28(6)39-32(43(31,23-35(30)47)40(49)51-10)18-26(4)14-15-38(52-29(7)44)42(9)17-16-37(53-42)41(8,50)22-36(39)48/h18,24-25,27,30-32,36-38,48,50H,11-17,19-23H2,1-10H3/t25-,27+,30-,31+,32-,36+,37-,38-,41-,42-,43+/m0/s1. The third kappa shape index (κ3) is 9.24. The van der Waals surface area contributed by atoms with Crippen molar-refractivity contribution in [3.63, 3.8) is 0 Å². The molecule has 0 radical (unpaired) electrons. The van der Waals surface area contributed by atoms with Gasteiger partial charge in [0.05, 0.1) is 30.3 Å². The van der Waals surface area contributed by atoms with Crippen LogP contribution in [0.15, 0.2) is 22.8 Å². The molecule has 298 valence electrons. The van der Waals surface area contributed by atoms with E-state index in [0.29, 0.717) is 37.7 Å². The number of carbonyl (C=O) groups excluding carboxylic acids is 5. The number of ether oxygens (including phenoxy) is 3. The Morgan fingerprint density at radius 1 is 0.962 bits per heavy atom. The topological polar surface area (TPSA) is 154 Å². The predicted octanol–water partition coefficient (Wildman–Crippen LogP) is 6.82. The number of allylic oxidation sites excluding steroid dienone is 3. The van der Waals surface area contributed by atoms with Crippen LogP contribution in [-0.4, -0.2) is 76.1 Å². The van der Waals surface area contributed by atoms with Crippen molar-refractivity contribution in [2.24, 2.45) is 40.9 Å². The smallest absolute Gasteiger partial charge is 0.313 e. The van der Waals surface area contributed by atoms with Gasteiger partial charge in [-0.05, 0) is 83.6 Å². The Balaban J connectivity index is 1.99. The fourth-order valence-corrected chi connectivity index (χ4v) is 9.93. The van der Waals surface area contributed by atoms with Crippen LogP contribution in [0.2, 0.25) is 0 Å². The minimum absolute atomic E-state index is 0.0130. The molecule has 2 bridgehead atoms. The fraction of sp³-hybridized carbons (Fsp3) is 0.791. The van der Waals surface area contributed by atoms with Crippen molar-refractivity contribution in [1.29, 1.82) is 0 Å². The highest BCUT2D eigenvalue weighted by molar-refractivity contribution is 5.97. The number of carbonyl (C=O) groups is 5. The zero-order valence-corrected chi connectivity index (χ0v) is 33.9. The molecule has 4 rings (SSSR count). The number of hydrogen-bond acceptors (Lipinski definition) is 10. The van der Waals surface area contributed by atoms with Crippen LogP contribution in [-0.2, 0) is 38.2 Å². The quantitative estimate of drug-likeness (QED) is 0.233. The molecular weight excluding hydrogens is 676 g/mol. The average molecular weight is 743 g/mol. The van der Waals surface area contributed by atoms with E-state index in [4.69, 9.17) is 14.2 Å². The van der Waals surface area contributed by atoms with Gasteiger partial charge in [0.1, 0.15) is 29.1 Å². The van der Waals surface area contributed by atoms with Gasteiger partial charge in [-0.2, -0.15) is 0 Å². The molecule has 2 fully saturated rings. The van der Waals surface area contributed by atoms with E-state index in [1.54, 1.807) is 6.92 Å². The molecule has 0 aromatic carbocycles. The second-order valence-corrected chi connectivity index (χ2v) is 18.0. The number of Topliss-reactive ketones (excluding diaryl/α,β-unsaturated/α-hetero) is 3. The number of methoxy groups -OCH3 is 1. The Bertz CT molecular complexity index is 1470. The summed E-state index contributed by atoms with van der Waals surface area (Å²) in [7, 11) is 1.27. The lowest BCUT2D eigenvalue weighted by molar-refractivity contribution is -0.185. The highest BCUT2D eigenvalue weighted by atomic mass is 16.6. The van der Waals surface area contributed by atoms with Gasteiger partial charge in [-0.25, -0.2) is 0 Å². The van der Waals surface area contributed by atoms with E-state index in [9.17, 15) is 34.2 Å². The highest BCUT2D eigenvalue weighted by Gasteiger charge is 2.60. The number of fused-ring (bicyclic) bond motifs is 5. The first kappa shape index (κ1) is 43.0. The monoisotopic (exact) mass is 742 g/mol. The summed E-state index contributed by atoms with van der Waals surface area (Å²) in [6, 6.07) is 0. The molecule has 1 saturated heterocycles. The largest absolute Gasteiger partial charge is 0.469 e. The van der Waals surface area contributed by atoms with Gasteiger partial charge in [0.25, 0.3) is 0 Å². The zero-order valence-electron chi connectivity index (χ0n) is 33.9. The molecule has 0 unspecified atom stereocenters. The molecule has 53 heavy (non-hydrogen) atoms. The van der Waals surface area contributed by atoms with Crippen molar-refractivity contribution in [3.05, 3.63) is 22.8 Å². The summed E-state index contributed by atoms with van der Waals surface area (Å²) in [4.78, 5) is 70.0. The molecule has 0 spiro atoms. The molecule has 0 amide bonds. The van der Waals surface area contributed by atoms with Gasteiger partial charge in [-0.15, -0.1) is 0 Å². The maximum absolute atomic E-state index is 14.8. The predicted molar refractivity (Wildman–Crippen MR) is 200 cm³/mol. The number of hydrogen-bond donors (Lipinski definition) is 2. The van der Waals surface area contributed by atoms with E-state index < -0.39 is 64.6 Å². The van der Waals surface area contributed by atoms with Crippen molar-refractivity contribution in [3.8, 4) is 0 Å². The molecule has 2 N–H and O–H groups in total. The molecule has 10 nitrogen and oxygen atoms in total. The van der Waals surface area contributed by atoms with E-state index in [1.165, 1.54) is 14.0 Å². The first-order valence-electron chi connectivity index (χ1n) is 20.0. The third-order valence-corrected chi connectivity index (χ3v) is 13.2. The normalized spacial score (nSPS) is 39.8. The Morgan fingerprint density at radius 2 is 1.64 bits per heavy atom. The lowest BCUT2D eigenvalue weighted by Gasteiger charge is -2.49. The van der Waals surface area contributed by atoms with Crippen LogP contribution in [0, 0.1) is 40.9 Å². The fourth-order valence-electron chi connectivity index (χ4n) is 9.93. The van der Waals surface area contributed by atoms with Crippen molar-refractivity contribution >= 4 is 29.3 Å². The van der Waals surface area contributed by atoms with Gasteiger partial charge in [0, 0.05) is 56.3 Å². The van der Waals surface area contributed by atoms with Crippen molar-refractivity contribution < 1.29 is 48.4 Å². The van der Waals surface area contributed by atoms with Crippen LogP contribution in [0.4, 0.5) is 0 Å². The highest BCUT2D eigenvalue weighted by Crippen LogP contribution is 2.56. The lowest BCUT2D eigenvalue weighted by Crippen LogP contribution is -2.55. The summed E-state index contributed by atoms with van der Waals surface area (Å²) in [6.07, 6.45) is 3.28. The maximum Gasteiger partial charge on any atom is 0.313 e. The summed E-state index contributed by atoms with van der Waals surface area (Å²) >= 11 is 0. The lowest BCUT2D eigenvalue weighted by atomic mass is 9.52. The summed E-state index contributed by atoms with van der Waals surface area (Å²) in [5, 5.41) is 24.3. The summed E-state index contributed by atoms with van der Waals surface area (Å²) in [6.45, 7) is 16.4. The van der Waals surface area contributed by atoms with Crippen LogP contribution in [0.1, 0.15) is 139 Å². The Kier molecular flexibility index (Phi) is 13.8. The Morgan fingerprint density at radius 3 is 2.26 bits per heavy atom. The van der Waals surface area contributed by atoms with Crippen LogP contribution in [0.5, 0.6) is 0 Å². The molecule has 10 heteroatoms. The van der Waals surface area contributed by atoms with Crippen molar-refractivity contribution in [2.45, 2.75) is 169 Å². The van der Waals surface area contributed by atoms with Gasteiger partial charge in [0.2, 0.25) is 0 Å². The molecule has 1 saturated carbocycles. The minimum Gasteiger partial charge on any atom is -0.469 e. The molecule has 2 aliphatic carbocycles. The third-order valence-electron chi connectivity index (χ3n) is 13.2. The van der Waals surface area contributed by atoms with Gasteiger partial charge in [-0.3, -0.25) is 24.0 Å². The number of aliphatic hydroxyl groups is 2. The average Bonchev–Trinajstić information content (AvgIpc) is 3.48. The second-order valence-electron chi connectivity index (χ2n) is 18.0. The number of rotatable bonds is 3. The number of esters is 2. The number of aliphatic hydroxyl groups excluding tert-OH is 1. The molecule has 2 heterocycles. The van der Waals surface area contributed by atoms with E-state index in [2.05, 4.69) is 0 Å². The number of ketones is 3. The molecule has 4 aliphatic rings. The molecule has 11 atom stereocenters. The van der Waals surface area contributed by atoms with E-state index in [1.807, 2.05) is 54.5 Å². The van der Waals surface area contributed by atoms with Crippen molar-refractivity contribution in [1.82, 2.24) is 0 Å². The van der Waals surface area contributed by atoms with Crippen LogP contribution in [0.3, 0.4) is 0 Å². The minimum atomic E-state index is -1.73. The second kappa shape index (κ2) is 17.0. The summed E-state index contributed by atoms with van der Waals surface area (Å²) in [5.74, 6) is -4.55. The molecule has 0 aromatic heterocycles. The van der Waals surface area contributed by atoms with E-state index in [-0.39, 0.29) is 67.2 Å². The first-order valence-corrected chi connectivity index (χ1v) is 20.0. The van der Waals surface area contributed by atoms with Crippen LogP contribution >= 0.6 is 0 Å². The van der Waals surface area contributed by atoms with Gasteiger partial charge in [0.15, 0.2) is 0 Å². The maximum atomic E-state index is 14.8. The first-order chi connectivity index (χ1) is 24.7. The Hall–Kier alpha value is -2.69. The molecule has 0 aromatic rings. The summed E-state index contributed by atoms with van der Waals surface area (Å²) < 4.78 is 18.0. The van der Waals surface area contributed by atoms with E-state index >= 15 is 0 Å². The van der Waals surface area contributed by atoms with E-state index in [0.717, 1.165) is 24.0 Å². The SMILES string of the molecule is COC(=O)[C@]12CC(=O)[C@H](C(C)C)CC(=O)[C@H](C)CCC[C@H](C)CC(=O)[C@H]1CC(C)=C1[C@H](O)C[C@](C)(O)[C@@H]3CC[C@](C)(O3)[C@@H](OC(C)=O)CCC(C)=C[C@@H]12.